The molecule has 0 aliphatic rings. The van der Waals surface area contributed by atoms with Crippen LogP contribution in [0.5, 0.6) is 11.5 Å². The molecule has 1 aromatic heterocycles. The smallest absolute Gasteiger partial charge is 0.291 e. The third-order valence-electron chi connectivity index (χ3n) is 3.55. The van der Waals surface area contributed by atoms with E-state index >= 15 is 0 Å². The van der Waals surface area contributed by atoms with E-state index in [-0.39, 0.29) is 11.7 Å². The van der Waals surface area contributed by atoms with Crippen LogP contribution in [-0.4, -0.2) is 26.0 Å². The van der Waals surface area contributed by atoms with Crippen LogP contribution in [0.2, 0.25) is 0 Å². The highest BCUT2D eigenvalue weighted by atomic mass is 16.5. The minimum atomic E-state index is -0.412. The van der Waals surface area contributed by atoms with E-state index in [2.05, 4.69) is 10.6 Å². The van der Waals surface area contributed by atoms with Crippen LogP contribution in [0.1, 0.15) is 36.7 Å². The zero-order valence-electron chi connectivity index (χ0n) is 14.5. The quantitative estimate of drug-likeness (QED) is 0.761. The van der Waals surface area contributed by atoms with Gasteiger partial charge in [0.25, 0.3) is 5.91 Å². The summed E-state index contributed by atoms with van der Waals surface area (Å²) in [6, 6.07) is 6.39. The van der Waals surface area contributed by atoms with Gasteiger partial charge in [-0.15, -0.1) is 0 Å². The van der Waals surface area contributed by atoms with E-state index in [9.17, 15) is 9.59 Å². The molecule has 0 bridgehead atoms. The maximum atomic E-state index is 12.2. The summed E-state index contributed by atoms with van der Waals surface area (Å²) in [6.45, 7) is 2.02. The maximum absolute atomic E-state index is 12.2. The highest BCUT2D eigenvalue weighted by Crippen LogP contribution is 2.36. The van der Waals surface area contributed by atoms with Gasteiger partial charge in [-0.1, -0.05) is 13.3 Å². The standard InChI is InChI=1S/C18H22N2O5/c1-4-5-8-17(21)19-12-10-16(24-3)13(11-15(12)23-2)20-18(22)14-7-6-9-25-14/h6-7,9-11H,4-5,8H2,1-3H3,(H,19,21)(H,20,22). The number of anilines is 2. The van der Waals surface area contributed by atoms with Crippen molar-refractivity contribution < 1.29 is 23.5 Å². The highest BCUT2D eigenvalue weighted by molar-refractivity contribution is 6.04. The molecule has 0 aliphatic heterocycles. The summed E-state index contributed by atoms with van der Waals surface area (Å²) in [5, 5.41) is 5.51. The number of ether oxygens (including phenoxy) is 2. The minimum Gasteiger partial charge on any atom is -0.494 e. The van der Waals surface area contributed by atoms with Gasteiger partial charge in [-0.05, 0) is 18.6 Å². The normalized spacial score (nSPS) is 10.2. The van der Waals surface area contributed by atoms with Crippen LogP contribution in [0.15, 0.2) is 34.9 Å². The van der Waals surface area contributed by atoms with E-state index in [0.29, 0.717) is 29.3 Å². The van der Waals surface area contributed by atoms with Gasteiger partial charge in [0.1, 0.15) is 11.5 Å². The zero-order valence-corrected chi connectivity index (χ0v) is 14.5. The van der Waals surface area contributed by atoms with Crippen LogP contribution in [0, 0.1) is 0 Å². The van der Waals surface area contributed by atoms with Crippen LogP contribution in [0.25, 0.3) is 0 Å². The van der Waals surface area contributed by atoms with E-state index < -0.39 is 5.91 Å². The molecule has 0 spiro atoms. The largest absolute Gasteiger partial charge is 0.494 e. The Hall–Kier alpha value is -2.96. The van der Waals surface area contributed by atoms with Gasteiger partial charge in [0.15, 0.2) is 5.76 Å². The molecule has 2 amide bonds. The first-order chi connectivity index (χ1) is 12.1. The van der Waals surface area contributed by atoms with Gasteiger partial charge in [-0.25, -0.2) is 0 Å². The molecule has 7 nitrogen and oxygen atoms in total. The molecular formula is C18H22N2O5. The number of amides is 2. The number of benzene rings is 1. The lowest BCUT2D eigenvalue weighted by Crippen LogP contribution is -2.14. The molecule has 0 saturated heterocycles. The van der Waals surface area contributed by atoms with Crippen molar-refractivity contribution in [2.75, 3.05) is 24.9 Å². The van der Waals surface area contributed by atoms with E-state index in [1.165, 1.54) is 20.5 Å². The third kappa shape index (κ3) is 4.76. The molecule has 7 heteroatoms. The van der Waals surface area contributed by atoms with Gasteiger partial charge in [0.05, 0.1) is 31.9 Å². The fourth-order valence-corrected chi connectivity index (χ4v) is 2.23. The highest BCUT2D eigenvalue weighted by Gasteiger charge is 2.17. The van der Waals surface area contributed by atoms with Gasteiger partial charge in [-0.2, -0.15) is 0 Å². The Morgan fingerprint density at radius 2 is 1.72 bits per heavy atom. The van der Waals surface area contributed by atoms with Crippen LogP contribution < -0.4 is 20.1 Å². The van der Waals surface area contributed by atoms with Crippen molar-refractivity contribution in [1.82, 2.24) is 0 Å². The fraction of sp³-hybridized carbons (Fsp3) is 0.333. The van der Waals surface area contributed by atoms with Crippen molar-refractivity contribution >= 4 is 23.2 Å². The molecule has 2 aromatic rings. The van der Waals surface area contributed by atoms with Crippen LogP contribution in [-0.2, 0) is 4.79 Å². The first-order valence-electron chi connectivity index (χ1n) is 7.99. The minimum absolute atomic E-state index is 0.102. The third-order valence-corrected chi connectivity index (χ3v) is 3.55. The van der Waals surface area contributed by atoms with Gasteiger partial charge in [0, 0.05) is 18.6 Å². The Balaban J connectivity index is 2.23. The first-order valence-corrected chi connectivity index (χ1v) is 7.99. The van der Waals surface area contributed by atoms with Gasteiger partial charge >= 0.3 is 0 Å². The number of hydrogen-bond acceptors (Lipinski definition) is 5. The number of unbranched alkanes of at least 4 members (excludes halogenated alkanes) is 1. The molecule has 0 radical (unpaired) electrons. The molecule has 1 aromatic carbocycles. The predicted octanol–water partition coefficient (Wildman–Crippen LogP) is 3.68. The number of nitrogens with one attached hydrogen (secondary N) is 2. The van der Waals surface area contributed by atoms with Crippen molar-refractivity contribution in [1.29, 1.82) is 0 Å². The Morgan fingerprint density at radius 1 is 1.08 bits per heavy atom. The Bertz CT molecular complexity index is 725. The fourth-order valence-electron chi connectivity index (χ4n) is 2.23. The van der Waals surface area contributed by atoms with E-state index in [4.69, 9.17) is 13.9 Å². The van der Waals surface area contributed by atoms with Crippen molar-refractivity contribution in [3.63, 3.8) is 0 Å². The predicted molar refractivity (Wildman–Crippen MR) is 94.4 cm³/mol. The second-order valence-electron chi connectivity index (χ2n) is 5.34. The van der Waals surface area contributed by atoms with Gasteiger partial charge in [0.2, 0.25) is 5.91 Å². The van der Waals surface area contributed by atoms with Crippen LogP contribution in [0.3, 0.4) is 0 Å². The summed E-state index contributed by atoms with van der Waals surface area (Å²) in [5.41, 5.74) is 0.892. The van der Waals surface area contributed by atoms with E-state index in [1.807, 2.05) is 6.92 Å². The number of carbonyl (C=O) groups excluding carboxylic acids is 2. The second-order valence-corrected chi connectivity index (χ2v) is 5.34. The summed E-state index contributed by atoms with van der Waals surface area (Å²) in [6.07, 6.45) is 3.59. The van der Waals surface area contributed by atoms with Crippen molar-refractivity contribution in [2.24, 2.45) is 0 Å². The van der Waals surface area contributed by atoms with Crippen LogP contribution >= 0.6 is 0 Å². The average Bonchev–Trinajstić information content (AvgIpc) is 3.15. The molecule has 0 fully saturated rings. The van der Waals surface area contributed by atoms with Crippen molar-refractivity contribution in [2.45, 2.75) is 26.2 Å². The molecular weight excluding hydrogens is 324 g/mol. The number of hydrogen-bond donors (Lipinski definition) is 2. The van der Waals surface area contributed by atoms with Crippen molar-refractivity contribution in [3.05, 3.63) is 36.3 Å². The summed E-state index contributed by atoms with van der Waals surface area (Å²) < 4.78 is 15.7. The molecule has 0 aliphatic carbocycles. The Labute approximate surface area is 146 Å². The monoisotopic (exact) mass is 346 g/mol. The summed E-state index contributed by atoms with van der Waals surface area (Å²) >= 11 is 0. The molecule has 1 heterocycles. The average molecular weight is 346 g/mol. The number of carbonyl (C=O) groups is 2. The lowest BCUT2D eigenvalue weighted by Gasteiger charge is -2.16. The molecule has 0 atom stereocenters. The van der Waals surface area contributed by atoms with Crippen molar-refractivity contribution in [3.8, 4) is 11.5 Å². The van der Waals surface area contributed by atoms with Gasteiger partial charge < -0.3 is 24.5 Å². The number of methoxy groups -OCH3 is 2. The molecule has 2 rings (SSSR count). The lowest BCUT2D eigenvalue weighted by molar-refractivity contribution is -0.116. The van der Waals surface area contributed by atoms with Gasteiger partial charge in [-0.3, -0.25) is 9.59 Å². The maximum Gasteiger partial charge on any atom is 0.291 e. The molecule has 0 saturated carbocycles. The topological polar surface area (TPSA) is 89.8 Å². The molecule has 2 N–H and O–H groups in total. The zero-order chi connectivity index (χ0) is 18.2. The SMILES string of the molecule is CCCCC(=O)Nc1cc(OC)c(NC(=O)c2ccco2)cc1OC. The summed E-state index contributed by atoms with van der Waals surface area (Å²) in [7, 11) is 2.97. The van der Waals surface area contributed by atoms with Crippen LogP contribution in [0.4, 0.5) is 11.4 Å². The Morgan fingerprint density at radius 3 is 2.24 bits per heavy atom. The Kier molecular flexibility index (Phi) is 6.45. The summed E-state index contributed by atoms with van der Waals surface area (Å²) in [5.74, 6) is 0.476. The molecule has 0 unspecified atom stereocenters. The molecule has 134 valence electrons. The first kappa shape index (κ1) is 18.4. The molecule has 25 heavy (non-hydrogen) atoms. The van der Waals surface area contributed by atoms with E-state index in [1.54, 1.807) is 24.3 Å². The number of furan rings is 1. The summed E-state index contributed by atoms with van der Waals surface area (Å²) in [4.78, 5) is 24.1. The lowest BCUT2D eigenvalue weighted by atomic mass is 10.2. The van der Waals surface area contributed by atoms with E-state index in [0.717, 1.165) is 12.8 Å². The second kappa shape index (κ2) is 8.77. The number of rotatable bonds is 8.